The minimum atomic E-state index is 0.146. The number of nitrogens with two attached hydrogens (primary N) is 1. The molecule has 6 nitrogen and oxygen atoms in total. The van der Waals surface area contributed by atoms with E-state index in [4.69, 9.17) is 10.8 Å². The summed E-state index contributed by atoms with van der Waals surface area (Å²) in [6.07, 6.45) is 1.82. The molecule has 0 saturated heterocycles. The molecule has 0 unspecified atom stereocenters. The number of hydrogen-bond donors (Lipinski definition) is 2. The van der Waals surface area contributed by atoms with Crippen molar-refractivity contribution in [3.05, 3.63) is 24.2 Å². The van der Waals surface area contributed by atoms with Crippen LogP contribution in [-0.4, -0.2) is 44.3 Å². The molecular formula is C11H17N5O. The summed E-state index contributed by atoms with van der Waals surface area (Å²) in [7, 11) is 0. The standard InChI is InChI=1S/C11H17N5O/c1-2-15(5-6-17)8-11-14-13-10-4-3-9(12)7-16(10)11/h3-4,7,17H,2,5-6,8,12H2,1H3. The van der Waals surface area contributed by atoms with E-state index >= 15 is 0 Å². The van der Waals surface area contributed by atoms with Gasteiger partial charge in [-0.25, -0.2) is 0 Å². The summed E-state index contributed by atoms with van der Waals surface area (Å²) >= 11 is 0. The number of nitrogens with zero attached hydrogens (tertiary/aromatic N) is 4. The lowest BCUT2D eigenvalue weighted by molar-refractivity contribution is 0.193. The van der Waals surface area contributed by atoms with Crippen LogP contribution in [0.5, 0.6) is 0 Å². The Kier molecular flexibility index (Phi) is 3.55. The van der Waals surface area contributed by atoms with Crippen molar-refractivity contribution in [2.75, 3.05) is 25.4 Å². The average Bonchev–Trinajstić information content (AvgIpc) is 2.71. The number of likely N-dealkylation sites (N-methyl/N-ethyl adjacent to an activating group) is 1. The van der Waals surface area contributed by atoms with Crippen LogP contribution in [0.25, 0.3) is 5.65 Å². The summed E-state index contributed by atoms with van der Waals surface area (Å²) in [5.41, 5.74) is 7.21. The molecule has 0 spiro atoms. The van der Waals surface area contributed by atoms with E-state index in [-0.39, 0.29) is 6.61 Å². The quantitative estimate of drug-likeness (QED) is 0.769. The third-order valence-electron chi connectivity index (χ3n) is 2.72. The summed E-state index contributed by atoms with van der Waals surface area (Å²) in [4.78, 5) is 2.10. The van der Waals surface area contributed by atoms with Gasteiger partial charge in [-0.1, -0.05) is 6.92 Å². The van der Waals surface area contributed by atoms with Gasteiger partial charge in [0.05, 0.1) is 13.2 Å². The fourth-order valence-electron chi connectivity index (χ4n) is 1.75. The van der Waals surface area contributed by atoms with Gasteiger partial charge in [0.25, 0.3) is 0 Å². The van der Waals surface area contributed by atoms with Gasteiger partial charge in [0.15, 0.2) is 11.5 Å². The van der Waals surface area contributed by atoms with Gasteiger partial charge in [0, 0.05) is 18.4 Å². The van der Waals surface area contributed by atoms with Gasteiger partial charge >= 0.3 is 0 Å². The number of aliphatic hydroxyl groups is 1. The van der Waals surface area contributed by atoms with Crippen molar-refractivity contribution >= 4 is 11.3 Å². The highest BCUT2D eigenvalue weighted by Gasteiger charge is 2.09. The van der Waals surface area contributed by atoms with Crippen LogP contribution >= 0.6 is 0 Å². The highest BCUT2D eigenvalue weighted by Crippen LogP contribution is 2.09. The SMILES string of the molecule is CCN(CCO)Cc1nnc2ccc(N)cn12. The van der Waals surface area contributed by atoms with Gasteiger partial charge in [-0.3, -0.25) is 9.30 Å². The number of aliphatic hydroxyl groups excluding tert-OH is 1. The molecule has 17 heavy (non-hydrogen) atoms. The first-order valence-corrected chi connectivity index (χ1v) is 5.67. The first-order chi connectivity index (χ1) is 8.24. The first-order valence-electron chi connectivity index (χ1n) is 5.67. The predicted molar refractivity (Wildman–Crippen MR) is 65.4 cm³/mol. The molecule has 92 valence electrons. The number of anilines is 1. The molecule has 0 aromatic carbocycles. The van der Waals surface area contributed by atoms with Crippen molar-refractivity contribution in [1.82, 2.24) is 19.5 Å². The Morgan fingerprint density at radius 3 is 2.94 bits per heavy atom. The number of rotatable bonds is 5. The molecule has 2 heterocycles. The Labute approximate surface area is 99.7 Å². The zero-order valence-electron chi connectivity index (χ0n) is 9.87. The molecule has 0 atom stereocenters. The van der Waals surface area contributed by atoms with Crippen molar-refractivity contribution in [3.63, 3.8) is 0 Å². The predicted octanol–water partition coefficient (Wildman–Crippen LogP) is 0.126. The van der Waals surface area contributed by atoms with Gasteiger partial charge in [-0.2, -0.15) is 0 Å². The molecule has 0 aliphatic carbocycles. The van der Waals surface area contributed by atoms with Crippen LogP contribution in [0.1, 0.15) is 12.7 Å². The lowest BCUT2D eigenvalue weighted by Gasteiger charge is -2.17. The molecule has 3 N–H and O–H groups in total. The highest BCUT2D eigenvalue weighted by molar-refractivity contribution is 5.47. The van der Waals surface area contributed by atoms with E-state index in [9.17, 15) is 0 Å². The molecule has 2 aromatic rings. The van der Waals surface area contributed by atoms with Crippen LogP contribution in [0.3, 0.4) is 0 Å². The third kappa shape index (κ3) is 2.54. The van der Waals surface area contributed by atoms with Crippen LogP contribution in [0.15, 0.2) is 18.3 Å². The van der Waals surface area contributed by atoms with Crippen LogP contribution in [0.4, 0.5) is 5.69 Å². The lowest BCUT2D eigenvalue weighted by atomic mass is 10.4. The van der Waals surface area contributed by atoms with E-state index in [0.29, 0.717) is 18.8 Å². The van der Waals surface area contributed by atoms with E-state index in [1.807, 2.05) is 23.6 Å². The molecule has 0 amide bonds. The maximum absolute atomic E-state index is 8.95. The van der Waals surface area contributed by atoms with E-state index in [1.165, 1.54) is 0 Å². The smallest absolute Gasteiger partial charge is 0.160 e. The van der Waals surface area contributed by atoms with Crippen LogP contribution in [0.2, 0.25) is 0 Å². The first kappa shape index (κ1) is 11.8. The topological polar surface area (TPSA) is 79.7 Å². The van der Waals surface area contributed by atoms with Gasteiger partial charge in [0.2, 0.25) is 0 Å². The van der Waals surface area contributed by atoms with E-state index < -0.39 is 0 Å². The molecule has 0 bridgehead atoms. The second-order valence-electron chi connectivity index (χ2n) is 3.90. The van der Waals surface area contributed by atoms with E-state index in [0.717, 1.165) is 18.0 Å². The van der Waals surface area contributed by atoms with Crippen LogP contribution < -0.4 is 5.73 Å². The Bertz CT molecular complexity index is 496. The summed E-state index contributed by atoms with van der Waals surface area (Å²) in [5, 5.41) is 17.2. The second kappa shape index (κ2) is 5.11. The van der Waals surface area contributed by atoms with Crippen molar-refractivity contribution in [3.8, 4) is 0 Å². The molecule has 0 fully saturated rings. The largest absolute Gasteiger partial charge is 0.398 e. The van der Waals surface area contributed by atoms with Crippen molar-refractivity contribution in [2.24, 2.45) is 0 Å². The second-order valence-corrected chi connectivity index (χ2v) is 3.90. The number of pyridine rings is 1. The van der Waals surface area contributed by atoms with Crippen molar-refractivity contribution < 1.29 is 5.11 Å². The summed E-state index contributed by atoms with van der Waals surface area (Å²) in [6.45, 7) is 4.34. The molecule has 6 heteroatoms. The summed E-state index contributed by atoms with van der Waals surface area (Å²) in [5.74, 6) is 0.836. The van der Waals surface area contributed by atoms with Gasteiger partial charge in [-0.05, 0) is 18.7 Å². The van der Waals surface area contributed by atoms with Crippen LogP contribution in [-0.2, 0) is 6.54 Å². The maximum Gasteiger partial charge on any atom is 0.160 e. The Balaban J connectivity index is 2.26. The highest BCUT2D eigenvalue weighted by atomic mass is 16.3. The Morgan fingerprint density at radius 1 is 1.41 bits per heavy atom. The van der Waals surface area contributed by atoms with Crippen molar-refractivity contribution in [1.29, 1.82) is 0 Å². The number of aromatic nitrogens is 3. The number of nitrogen functional groups attached to an aromatic ring is 1. The van der Waals surface area contributed by atoms with E-state index in [1.54, 1.807) is 6.07 Å². The number of hydrogen-bond acceptors (Lipinski definition) is 5. The Hall–Kier alpha value is -1.66. The Morgan fingerprint density at radius 2 is 2.24 bits per heavy atom. The molecule has 0 aliphatic heterocycles. The fraction of sp³-hybridized carbons (Fsp3) is 0.455. The molecule has 2 aromatic heterocycles. The van der Waals surface area contributed by atoms with Gasteiger partial charge in [0.1, 0.15) is 0 Å². The zero-order chi connectivity index (χ0) is 12.3. The minimum Gasteiger partial charge on any atom is -0.398 e. The maximum atomic E-state index is 8.95. The molecular weight excluding hydrogens is 218 g/mol. The monoisotopic (exact) mass is 235 g/mol. The average molecular weight is 235 g/mol. The minimum absolute atomic E-state index is 0.146. The fourth-order valence-corrected chi connectivity index (χ4v) is 1.75. The lowest BCUT2D eigenvalue weighted by Crippen LogP contribution is -2.27. The zero-order valence-corrected chi connectivity index (χ0v) is 9.87. The summed E-state index contributed by atoms with van der Waals surface area (Å²) < 4.78 is 1.88. The molecule has 2 rings (SSSR count). The normalized spacial score (nSPS) is 11.5. The third-order valence-corrected chi connectivity index (χ3v) is 2.72. The summed E-state index contributed by atoms with van der Waals surface area (Å²) in [6, 6.07) is 3.65. The van der Waals surface area contributed by atoms with Crippen molar-refractivity contribution in [2.45, 2.75) is 13.5 Å². The van der Waals surface area contributed by atoms with Crippen LogP contribution in [0, 0.1) is 0 Å². The van der Waals surface area contributed by atoms with Gasteiger partial charge < -0.3 is 10.8 Å². The molecule has 0 aliphatic rings. The van der Waals surface area contributed by atoms with E-state index in [2.05, 4.69) is 15.1 Å². The van der Waals surface area contributed by atoms with Gasteiger partial charge in [-0.15, -0.1) is 10.2 Å². The number of fused-ring (bicyclic) bond motifs is 1. The molecule has 0 saturated carbocycles. The molecule has 0 radical (unpaired) electrons.